The molecule has 0 unspecified atom stereocenters. The van der Waals surface area contributed by atoms with Crippen LogP contribution in [0.3, 0.4) is 0 Å². The summed E-state index contributed by atoms with van der Waals surface area (Å²) in [7, 11) is -3.78. The van der Waals surface area contributed by atoms with Crippen LogP contribution in [0.25, 0.3) is 11.1 Å². The average molecular weight is 397 g/mol. The molecule has 1 N–H and O–H groups in total. The van der Waals surface area contributed by atoms with E-state index >= 15 is 0 Å². The molecule has 1 aliphatic heterocycles. The van der Waals surface area contributed by atoms with Crippen molar-refractivity contribution in [3.05, 3.63) is 60.2 Å². The van der Waals surface area contributed by atoms with Crippen molar-refractivity contribution in [2.24, 2.45) is 0 Å². The van der Waals surface area contributed by atoms with E-state index in [0.29, 0.717) is 17.8 Å². The highest BCUT2D eigenvalue weighted by atomic mass is 32.2. The highest BCUT2D eigenvalue weighted by Crippen LogP contribution is 2.42. The molecule has 0 radical (unpaired) electrons. The van der Waals surface area contributed by atoms with Crippen LogP contribution in [-0.2, 0) is 14.8 Å². The first-order valence-electron chi connectivity index (χ1n) is 9.73. The van der Waals surface area contributed by atoms with Crippen LogP contribution in [0.15, 0.2) is 65.1 Å². The summed E-state index contributed by atoms with van der Waals surface area (Å²) in [5, 5.41) is 2.88. The van der Waals surface area contributed by atoms with Crippen molar-refractivity contribution in [3.8, 4) is 11.1 Å². The summed E-state index contributed by atoms with van der Waals surface area (Å²) < 4.78 is 27.5. The van der Waals surface area contributed by atoms with Crippen LogP contribution in [0.2, 0.25) is 0 Å². The van der Waals surface area contributed by atoms with Gasteiger partial charge in [0.05, 0.1) is 10.6 Å². The van der Waals surface area contributed by atoms with E-state index in [1.807, 2.05) is 18.2 Å². The Kier molecular flexibility index (Phi) is 5.22. The Hall–Kier alpha value is -2.60. The van der Waals surface area contributed by atoms with Crippen LogP contribution in [0.1, 0.15) is 32.1 Å². The van der Waals surface area contributed by atoms with E-state index in [2.05, 4.69) is 11.4 Å². The van der Waals surface area contributed by atoms with Gasteiger partial charge in [-0.1, -0.05) is 48.0 Å². The SMILES string of the molecule is O=C(CN1c2ccccc2-c2ccccc2S1(=O)=O)NCCC1=CCCCC1. The van der Waals surface area contributed by atoms with Crippen molar-refractivity contribution in [2.45, 2.75) is 37.0 Å². The monoisotopic (exact) mass is 396 g/mol. The number of fused-ring (bicyclic) bond motifs is 3. The Labute approximate surface area is 166 Å². The first kappa shape index (κ1) is 18.7. The number of para-hydroxylation sites is 1. The van der Waals surface area contributed by atoms with Gasteiger partial charge in [-0.25, -0.2) is 8.42 Å². The smallest absolute Gasteiger partial charge is 0.265 e. The Bertz CT molecular complexity index is 1030. The van der Waals surface area contributed by atoms with Crippen LogP contribution in [0.4, 0.5) is 5.69 Å². The standard InChI is InChI=1S/C22H24N2O3S/c25-22(23-15-14-17-8-2-1-3-9-17)16-24-20-12-6-4-10-18(20)19-11-5-7-13-21(19)28(24,26)27/h4-8,10-13H,1-3,9,14-16H2,(H,23,25). The third kappa shape index (κ3) is 3.56. The molecule has 0 saturated carbocycles. The number of nitrogens with zero attached hydrogens (tertiary/aromatic N) is 1. The largest absolute Gasteiger partial charge is 0.354 e. The topological polar surface area (TPSA) is 66.5 Å². The molecule has 1 aliphatic carbocycles. The summed E-state index contributed by atoms with van der Waals surface area (Å²) in [4.78, 5) is 12.8. The molecule has 1 heterocycles. The van der Waals surface area contributed by atoms with Gasteiger partial charge in [0, 0.05) is 17.7 Å². The van der Waals surface area contributed by atoms with Gasteiger partial charge in [0.25, 0.3) is 10.0 Å². The molecule has 146 valence electrons. The lowest BCUT2D eigenvalue weighted by Crippen LogP contribution is -2.42. The minimum absolute atomic E-state index is 0.216. The molecule has 2 aromatic rings. The molecule has 4 rings (SSSR count). The van der Waals surface area contributed by atoms with Crippen LogP contribution >= 0.6 is 0 Å². The van der Waals surface area contributed by atoms with E-state index in [9.17, 15) is 13.2 Å². The van der Waals surface area contributed by atoms with Gasteiger partial charge in [-0.3, -0.25) is 9.10 Å². The zero-order chi connectivity index (χ0) is 19.6. The number of rotatable bonds is 5. The van der Waals surface area contributed by atoms with Crippen molar-refractivity contribution in [2.75, 3.05) is 17.4 Å². The van der Waals surface area contributed by atoms with Crippen molar-refractivity contribution in [1.29, 1.82) is 0 Å². The van der Waals surface area contributed by atoms with Crippen molar-refractivity contribution in [3.63, 3.8) is 0 Å². The maximum Gasteiger partial charge on any atom is 0.265 e. The number of anilines is 1. The number of allylic oxidation sites excluding steroid dienone is 1. The summed E-state index contributed by atoms with van der Waals surface area (Å²) in [5.74, 6) is -0.283. The van der Waals surface area contributed by atoms with Gasteiger partial charge in [-0.2, -0.15) is 0 Å². The fourth-order valence-electron chi connectivity index (χ4n) is 3.93. The molecule has 0 aromatic heterocycles. The first-order valence-corrected chi connectivity index (χ1v) is 11.2. The lowest BCUT2D eigenvalue weighted by Gasteiger charge is -2.31. The molecule has 0 saturated heterocycles. The maximum atomic E-state index is 13.2. The molecule has 6 heteroatoms. The van der Waals surface area contributed by atoms with Gasteiger partial charge in [0.15, 0.2) is 0 Å². The molecule has 0 bridgehead atoms. The lowest BCUT2D eigenvalue weighted by atomic mass is 9.97. The summed E-state index contributed by atoms with van der Waals surface area (Å²) >= 11 is 0. The minimum Gasteiger partial charge on any atom is -0.354 e. The highest BCUT2D eigenvalue weighted by Gasteiger charge is 2.35. The predicted molar refractivity (Wildman–Crippen MR) is 111 cm³/mol. The molecular formula is C22H24N2O3S. The minimum atomic E-state index is -3.78. The molecule has 28 heavy (non-hydrogen) atoms. The number of carbonyl (C=O) groups excluding carboxylic acids is 1. The van der Waals surface area contributed by atoms with Crippen molar-refractivity contribution >= 4 is 21.6 Å². The zero-order valence-electron chi connectivity index (χ0n) is 15.7. The van der Waals surface area contributed by atoms with E-state index in [1.165, 1.54) is 22.7 Å². The average Bonchev–Trinajstić information content (AvgIpc) is 2.72. The fourth-order valence-corrected chi connectivity index (χ4v) is 5.58. The van der Waals surface area contributed by atoms with Crippen LogP contribution in [0, 0.1) is 0 Å². The van der Waals surface area contributed by atoms with Gasteiger partial charge in [-0.15, -0.1) is 0 Å². The number of sulfonamides is 1. The molecular weight excluding hydrogens is 372 g/mol. The first-order chi connectivity index (χ1) is 13.6. The maximum absolute atomic E-state index is 13.2. The van der Waals surface area contributed by atoms with Gasteiger partial charge in [0.1, 0.15) is 6.54 Å². The van der Waals surface area contributed by atoms with Crippen LogP contribution in [0.5, 0.6) is 0 Å². The molecule has 0 fully saturated rings. The second-order valence-corrected chi connectivity index (χ2v) is 9.06. The summed E-state index contributed by atoms with van der Waals surface area (Å²) in [6, 6.07) is 14.3. The number of amides is 1. The molecule has 2 aromatic carbocycles. The van der Waals surface area contributed by atoms with Gasteiger partial charge >= 0.3 is 0 Å². The molecule has 5 nitrogen and oxygen atoms in total. The van der Waals surface area contributed by atoms with E-state index < -0.39 is 10.0 Å². The Morgan fingerprint density at radius 3 is 2.54 bits per heavy atom. The lowest BCUT2D eigenvalue weighted by molar-refractivity contribution is -0.119. The summed E-state index contributed by atoms with van der Waals surface area (Å²) in [5.41, 5.74) is 3.44. The quantitative estimate of drug-likeness (QED) is 0.780. The Morgan fingerprint density at radius 2 is 1.75 bits per heavy atom. The van der Waals surface area contributed by atoms with Crippen molar-refractivity contribution in [1.82, 2.24) is 5.32 Å². The third-order valence-corrected chi connectivity index (χ3v) is 7.18. The number of hydrogen-bond donors (Lipinski definition) is 1. The van der Waals surface area contributed by atoms with E-state index in [4.69, 9.17) is 0 Å². The van der Waals surface area contributed by atoms with E-state index in [-0.39, 0.29) is 17.3 Å². The molecule has 0 atom stereocenters. The molecule has 2 aliphatic rings. The third-order valence-electron chi connectivity index (χ3n) is 5.36. The Morgan fingerprint density at radius 1 is 1.00 bits per heavy atom. The van der Waals surface area contributed by atoms with Gasteiger partial charge in [0.2, 0.25) is 5.91 Å². The summed E-state index contributed by atoms with van der Waals surface area (Å²) in [6.45, 7) is 0.323. The summed E-state index contributed by atoms with van der Waals surface area (Å²) in [6.07, 6.45) is 7.76. The van der Waals surface area contributed by atoms with Gasteiger partial charge in [-0.05, 0) is 44.2 Å². The number of nitrogens with one attached hydrogen (secondary N) is 1. The number of benzene rings is 2. The normalized spacial score (nSPS) is 17.3. The molecule has 1 amide bonds. The van der Waals surface area contributed by atoms with E-state index in [1.54, 1.807) is 30.3 Å². The van der Waals surface area contributed by atoms with Crippen LogP contribution < -0.4 is 9.62 Å². The number of carbonyl (C=O) groups is 1. The number of hydrogen-bond acceptors (Lipinski definition) is 3. The Balaban J connectivity index is 1.52. The predicted octanol–water partition coefficient (Wildman–Crippen LogP) is 3.87. The van der Waals surface area contributed by atoms with E-state index in [0.717, 1.165) is 24.8 Å². The van der Waals surface area contributed by atoms with Crippen molar-refractivity contribution < 1.29 is 13.2 Å². The second-order valence-electron chi connectivity index (χ2n) is 7.23. The molecule has 0 spiro atoms. The van der Waals surface area contributed by atoms with Gasteiger partial charge < -0.3 is 5.32 Å². The highest BCUT2D eigenvalue weighted by molar-refractivity contribution is 7.93. The second kappa shape index (κ2) is 7.80. The fraction of sp³-hybridized carbons (Fsp3) is 0.318. The van der Waals surface area contributed by atoms with Crippen LogP contribution in [-0.4, -0.2) is 27.4 Å². The zero-order valence-corrected chi connectivity index (χ0v) is 16.5.